The fourth-order valence-electron chi connectivity index (χ4n) is 2.69. The van der Waals surface area contributed by atoms with Gasteiger partial charge in [-0.05, 0) is 6.07 Å². The summed E-state index contributed by atoms with van der Waals surface area (Å²) in [6.07, 6.45) is -4.57. The molecule has 3 heterocycles. The third-order valence-corrected chi connectivity index (χ3v) is 5.06. The van der Waals surface area contributed by atoms with Crippen molar-refractivity contribution in [1.82, 2.24) is 14.7 Å². The molecule has 0 aliphatic carbocycles. The fourth-order valence-corrected chi connectivity index (χ4v) is 3.73. The number of halogens is 3. The van der Waals surface area contributed by atoms with E-state index in [9.17, 15) is 23.1 Å². The van der Waals surface area contributed by atoms with Gasteiger partial charge in [-0.25, -0.2) is 0 Å². The van der Waals surface area contributed by atoms with Gasteiger partial charge < -0.3 is 14.7 Å². The number of hydrogen-bond acceptors (Lipinski definition) is 5. The SMILES string of the molecule is Cn1nc(C(F)(F)F)c2cc(C(=O)N3CCOC[C@H](CO)C3)sc21. The monoisotopic (exact) mass is 363 g/mol. The van der Waals surface area contributed by atoms with Gasteiger partial charge in [-0.3, -0.25) is 9.48 Å². The first-order valence-electron chi connectivity index (χ1n) is 7.33. The summed E-state index contributed by atoms with van der Waals surface area (Å²) < 4.78 is 45.6. The van der Waals surface area contributed by atoms with Crippen LogP contribution in [0.4, 0.5) is 13.2 Å². The van der Waals surface area contributed by atoms with Gasteiger partial charge in [0.15, 0.2) is 5.69 Å². The standard InChI is InChI=1S/C14H16F3N3O3S/c1-19-13-9(11(18-19)14(15,16)17)4-10(24-13)12(22)20-2-3-23-7-8(5-20)6-21/h4,8,21H,2-3,5-7H2,1H3/t8-/m0/s1. The van der Waals surface area contributed by atoms with Crippen LogP contribution in [0.15, 0.2) is 6.07 Å². The van der Waals surface area contributed by atoms with E-state index in [1.54, 1.807) is 0 Å². The third-order valence-electron chi connectivity index (χ3n) is 3.87. The first-order valence-corrected chi connectivity index (χ1v) is 8.14. The van der Waals surface area contributed by atoms with E-state index in [1.165, 1.54) is 18.0 Å². The number of aliphatic hydroxyl groups is 1. The summed E-state index contributed by atoms with van der Waals surface area (Å²) in [5.74, 6) is -0.550. The molecule has 10 heteroatoms. The molecule has 1 saturated heterocycles. The Bertz CT molecular complexity index is 756. The largest absolute Gasteiger partial charge is 0.435 e. The van der Waals surface area contributed by atoms with Crippen molar-refractivity contribution in [2.75, 3.05) is 32.9 Å². The van der Waals surface area contributed by atoms with E-state index in [0.29, 0.717) is 31.1 Å². The molecular weight excluding hydrogens is 347 g/mol. The van der Waals surface area contributed by atoms with E-state index in [2.05, 4.69) is 5.10 Å². The molecule has 1 aliphatic rings. The van der Waals surface area contributed by atoms with Crippen molar-refractivity contribution in [3.05, 3.63) is 16.6 Å². The second-order valence-corrected chi connectivity index (χ2v) is 6.70. The minimum absolute atomic E-state index is 0.0665. The lowest BCUT2D eigenvalue weighted by Crippen LogP contribution is -2.36. The van der Waals surface area contributed by atoms with Crippen LogP contribution in [-0.4, -0.2) is 58.6 Å². The number of aromatic nitrogens is 2. The summed E-state index contributed by atoms with van der Waals surface area (Å²) >= 11 is 0.984. The Balaban J connectivity index is 1.93. The van der Waals surface area contributed by atoms with Gasteiger partial charge in [0.1, 0.15) is 4.83 Å². The molecule has 24 heavy (non-hydrogen) atoms. The molecule has 2 aromatic rings. The lowest BCUT2D eigenvalue weighted by molar-refractivity contribution is -0.140. The van der Waals surface area contributed by atoms with Crippen LogP contribution in [0.25, 0.3) is 10.2 Å². The maximum atomic E-state index is 13.0. The lowest BCUT2D eigenvalue weighted by atomic mass is 10.1. The fraction of sp³-hybridized carbons (Fsp3) is 0.571. The molecule has 2 aromatic heterocycles. The second-order valence-electron chi connectivity index (χ2n) is 5.67. The number of rotatable bonds is 2. The van der Waals surface area contributed by atoms with E-state index in [1.807, 2.05) is 0 Å². The second kappa shape index (κ2) is 6.34. The smallest absolute Gasteiger partial charge is 0.396 e. The molecule has 1 atom stereocenters. The molecule has 0 saturated carbocycles. The van der Waals surface area contributed by atoms with E-state index < -0.39 is 11.9 Å². The number of nitrogens with zero attached hydrogens (tertiary/aromatic N) is 3. The number of hydrogen-bond donors (Lipinski definition) is 1. The lowest BCUT2D eigenvalue weighted by Gasteiger charge is -2.21. The summed E-state index contributed by atoms with van der Waals surface area (Å²) in [4.78, 5) is 14.7. The number of carbonyl (C=O) groups is 1. The Morgan fingerprint density at radius 1 is 1.54 bits per heavy atom. The van der Waals surface area contributed by atoms with Crippen molar-refractivity contribution in [3.8, 4) is 0 Å². The average Bonchev–Trinajstić information content (AvgIpc) is 2.98. The molecule has 1 aliphatic heterocycles. The number of amides is 1. The van der Waals surface area contributed by atoms with Gasteiger partial charge in [0.2, 0.25) is 0 Å². The van der Waals surface area contributed by atoms with E-state index in [4.69, 9.17) is 4.74 Å². The Morgan fingerprint density at radius 3 is 2.96 bits per heavy atom. The number of ether oxygens (including phenoxy) is 1. The van der Waals surface area contributed by atoms with Crippen LogP contribution in [0.5, 0.6) is 0 Å². The highest BCUT2D eigenvalue weighted by Crippen LogP contribution is 2.37. The predicted octanol–water partition coefficient (Wildman–Crippen LogP) is 1.73. The number of thiophene rings is 1. The Labute approximate surface area is 139 Å². The molecule has 0 radical (unpaired) electrons. The number of fused-ring (bicyclic) bond motifs is 1. The van der Waals surface area contributed by atoms with Crippen LogP contribution in [0.2, 0.25) is 0 Å². The molecule has 132 valence electrons. The van der Waals surface area contributed by atoms with E-state index in [0.717, 1.165) is 16.0 Å². The normalized spacial score (nSPS) is 19.7. The molecule has 1 amide bonds. The number of carbonyl (C=O) groups excluding carboxylic acids is 1. The minimum Gasteiger partial charge on any atom is -0.396 e. The Morgan fingerprint density at radius 2 is 2.29 bits per heavy atom. The van der Waals surface area contributed by atoms with Crippen LogP contribution < -0.4 is 0 Å². The molecule has 0 bridgehead atoms. The zero-order chi connectivity index (χ0) is 17.5. The van der Waals surface area contributed by atoms with E-state index >= 15 is 0 Å². The van der Waals surface area contributed by atoms with Crippen molar-refractivity contribution in [1.29, 1.82) is 0 Å². The molecule has 3 rings (SSSR count). The van der Waals surface area contributed by atoms with Gasteiger partial charge in [-0.2, -0.15) is 18.3 Å². The summed E-state index contributed by atoms with van der Waals surface area (Å²) in [5.41, 5.74) is -0.984. The number of aryl methyl sites for hydroxylation is 1. The van der Waals surface area contributed by atoms with Gasteiger partial charge in [-0.1, -0.05) is 0 Å². The third kappa shape index (κ3) is 3.13. The molecule has 0 unspecified atom stereocenters. The van der Waals surface area contributed by atoms with Crippen molar-refractivity contribution < 1.29 is 27.8 Å². The average molecular weight is 363 g/mol. The minimum atomic E-state index is -4.57. The van der Waals surface area contributed by atoms with Crippen LogP contribution in [0.3, 0.4) is 0 Å². The van der Waals surface area contributed by atoms with Gasteiger partial charge in [0.05, 0.1) is 18.1 Å². The van der Waals surface area contributed by atoms with Crippen LogP contribution in [0.1, 0.15) is 15.4 Å². The maximum Gasteiger partial charge on any atom is 0.435 e. The van der Waals surface area contributed by atoms with E-state index in [-0.39, 0.29) is 28.7 Å². The molecule has 6 nitrogen and oxygen atoms in total. The van der Waals surface area contributed by atoms with Gasteiger partial charge in [0.25, 0.3) is 5.91 Å². The van der Waals surface area contributed by atoms with Crippen molar-refractivity contribution in [3.63, 3.8) is 0 Å². The summed E-state index contributed by atoms with van der Waals surface area (Å²) in [6.45, 7) is 1.23. The topological polar surface area (TPSA) is 67.6 Å². The Hall–Kier alpha value is -1.65. The first-order chi connectivity index (χ1) is 11.3. The van der Waals surface area contributed by atoms with Crippen LogP contribution >= 0.6 is 11.3 Å². The summed E-state index contributed by atoms with van der Waals surface area (Å²) in [7, 11) is 1.42. The maximum absolute atomic E-state index is 13.0. The highest BCUT2D eigenvalue weighted by Gasteiger charge is 2.38. The summed E-state index contributed by atoms with van der Waals surface area (Å²) in [6, 6.07) is 1.25. The van der Waals surface area contributed by atoms with Crippen molar-refractivity contribution in [2.24, 2.45) is 13.0 Å². The van der Waals surface area contributed by atoms with Crippen molar-refractivity contribution in [2.45, 2.75) is 6.18 Å². The zero-order valence-electron chi connectivity index (χ0n) is 12.8. The van der Waals surface area contributed by atoms with Gasteiger partial charge in [0, 0.05) is 38.0 Å². The molecule has 1 fully saturated rings. The molecule has 0 spiro atoms. The Kier molecular flexibility index (Phi) is 4.54. The predicted molar refractivity (Wildman–Crippen MR) is 80.9 cm³/mol. The molecular formula is C14H16F3N3O3S. The van der Waals surface area contributed by atoms with Gasteiger partial charge in [-0.15, -0.1) is 11.3 Å². The first kappa shape index (κ1) is 17.2. The van der Waals surface area contributed by atoms with Crippen LogP contribution in [0, 0.1) is 5.92 Å². The van der Waals surface area contributed by atoms with Gasteiger partial charge >= 0.3 is 6.18 Å². The highest BCUT2D eigenvalue weighted by atomic mass is 32.1. The van der Waals surface area contributed by atoms with Crippen molar-refractivity contribution >= 4 is 27.5 Å². The molecule has 0 aromatic carbocycles. The number of alkyl halides is 3. The quantitative estimate of drug-likeness (QED) is 0.883. The summed E-state index contributed by atoms with van der Waals surface area (Å²) in [5, 5.41) is 12.7. The highest BCUT2D eigenvalue weighted by molar-refractivity contribution is 7.20. The van der Waals surface area contributed by atoms with Crippen LogP contribution in [-0.2, 0) is 18.0 Å². The number of aliphatic hydroxyl groups excluding tert-OH is 1. The zero-order valence-corrected chi connectivity index (χ0v) is 13.7. The molecule has 1 N–H and O–H groups in total.